The molecule has 0 bridgehead atoms. The lowest BCUT2D eigenvalue weighted by Gasteiger charge is -2.29. The average Bonchev–Trinajstić information content (AvgIpc) is 2.40. The second kappa shape index (κ2) is 5.56. The minimum absolute atomic E-state index is 0.0672. The Morgan fingerprint density at radius 3 is 2.83 bits per heavy atom. The van der Waals surface area contributed by atoms with E-state index >= 15 is 0 Å². The number of rotatable bonds is 2. The molecule has 94 valence electrons. The molecule has 0 saturated carbocycles. The van der Waals surface area contributed by atoms with E-state index in [0.717, 1.165) is 17.5 Å². The fourth-order valence-electron chi connectivity index (χ4n) is 2.26. The zero-order valence-corrected chi connectivity index (χ0v) is 10.0. The lowest BCUT2D eigenvalue weighted by molar-refractivity contribution is 0.147. The maximum absolute atomic E-state index is 11.6. The van der Waals surface area contributed by atoms with E-state index in [2.05, 4.69) is 16.6 Å². The van der Waals surface area contributed by atoms with Crippen LogP contribution in [0.15, 0.2) is 24.3 Å². The van der Waals surface area contributed by atoms with Gasteiger partial charge in [-0.25, -0.2) is 4.79 Å². The Balaban J connectivity index is 2.10. The first-order valence-electron chi connectivity index (χ1n) is 5.97. The second-order valence-corrected chi connectivity index (χ2v) is 4.31. The van der Waals surface area contributed by atoms with Gasteiger partial charge in [0.25, 0.3) is 0 Å². The van der Waals surface area contributed by atoms with Crippen molar-refractivity contribution in [3.63, 3.8) is 0 Å². The number of nitrogens with one attached hydrogen (secondary N) is 2. The Hall–Kier alpha value is -1.99. The molecule has 1 aromatic rings. The molecule has 18 heavy (non-hydrogen) atoms. The van der Waals surface area contributed by atoms with Crippen LogP contribution in [0.1, 0.15) is 36.1 Å². The van der Waals surface area contributed by atoms with Crippen molar-refractivity contribution in [1.29, 1.82) is 0 Å². The van der Waals surface area contributed by atoms with Crippen LogP contribution in [0.5, 0.6) is 0 Å². The van der Waals surface area contributed by atoms with E-state index < -0.39 is 6.10 Å². The zero-order valence-electron chi connectivity index (χ0n) is 10.0. The monoisotopic (exact) mass is 244 g/mol. The third-order valence-electron chi connectivity index (χ3n) is 3.12. The average molecular weight is 244 g/mol. The molecule has 4 heteroatoms. The lowest BCUT2D eigenvalue weighted by Crippen LogP contribution is -2.39. The smallest absolute Gasteiger partial charge is 0.316 e. The van der Waals surface area contributed by atoms with Crippen molar-refractivity contribution in [3.05, 3.63) is 35.4 Å². The van der Waals surface area contributed by atoms with E-state index in [1.165, 1.54) is 0 Å². The van der Waals surface area contributed by atoms with Gasteiger partial charge in [0.2, 0.25) is 0 Å². The number of aliphatic hydroxyl groups excluding tert-OH is 1. The topological polar surface area (TPSA) is 61.4 Å². The van der Waals surface area contributed by atoms with Gasteiger partial charge in [0, 0.05) is 0 Å². The van der Waals surface area contributed by atoms with Crippen molar-refractivity contribution >= 4 is 6.03 Å². The Labute approximate surface area is 106 Å². The Bertz CT molecular complexity index is 479. The number of amides is 2. The van der Waals surface area contributed by atoms with E-state index in [9.17, 15) is 9.90 Å². The highest BCUT2D eigenvalue weighted by molar-refractivity contribution is 5.74. The molecule has 4 nitrogen and oxygen atoms in total. The fourth-order valence-corrected chi connectivity index (χ4v) is 2.26. The fraction of sp³-hybridized carbons (Fsp3) is 0.357. The van der Waals surface area contributed by atoms with Gasteiger partial charge in [0.15, 0.2) is 0 Å². The highest BCUT2D eigenvalue weighted by Gasteiger charge is 2.26. The molecule has 0 fully saturated rings. The standard InChI is InChI=1S/C14H16N2O2/c1-2-9-15-14(18)16-12-7-8-13(17)11-6-4-3-5-10(11)12/h1,3-6,12-13,17H,7-9H2,(H2,15,16,18). The first-order chi connectivity index (χ1) is 8.72. The summed E-state index contributed by atoms with van der Waals surface area (Å²) in [6.45, 7) is 0.211. The highest BCUT2D eigenvalue weighted by Crippen LogP contribution is 2.35. The molecule has 1 aliphatic rings. The minimum atomic E-state index is -0.437. The molecular formula is C14H16N2O2. The van der Waals surface area contributed by atoms with Crippen molar-refractivity contribution in [2.45, 2.75) is 25.0 Å². The Morgan fingerprint density at radius 1 is 1.39 bits per heavy atom. The van der Waals surface area contributed by atoms with Gasteiger partial charge in [-0.3, -0.25) is 0 Å². The van der Waals surface area contributed by atoms with Crippen molar-refractivity contribution < 1.29 is 9.90 Å². The lowest BCUT2D eigenvalue weighted by atomic mass is 9.86. The number of aliphatic hydroxyl groups is 1. The molecule has 0 saturated heterocycles. The minimum Gasteiger partial charge on any atom is -0.388 e. The van der Waals surface area contributed by atoms with Crippen molar-refractivity contribution in [2.75, 3.05) is 6.54 Å². The molecule has 0 radical (unpaired) electrons. The molecule has 1 aromatic carbocycles. The molecule has 0 spiro atoms. The van der Waals surface area contributed by atoms with Crippen LogP contribution in [-0.2, 0) is 0 Å². The molecule has 0 aliphatic heterocycles. The van der Waals surface area contributed by atoms with Crippen LogP contribution in [0, 0.1) is 12.3 Å². The van der Waals surface area contributed by atoms with Crippen LogP contribution in [-0.4, -0.2) is 17.7 Å². The van der Waals surface area contributed by atoms with E-state index in [1.54, 1.807) is 0 Å². The van der Waals surface area contributed by atoms with Crippen molar-refractivity contribution in [3.8, 4) is 12.3 Å². The summed E-state index contributed by atoms with van der Waals surface area (Å²) in [6, 6.07) is 7.29. The van der Waals surface area contributed by atoms with Gasteiger partial charge in [0.05, 0.1) is 18.7 Å². The first kappa shape index (κ1) is 12.5. The molecule has 1 aliphatic carbocycles. The molecule has 2 rings (SSSR count). The van der Waals surface area contributed by atoms with Gasteiger partial charge < -0.3 is 15.7 Å². The summed E-state index contributed by atoms with van der Waals surface area (Å²) in [5, 5.41) is 15.3. The number of terminal acetylenes is 1. The molecule has 0 heterocycles. The Kier molecular flexibility index (Phi) is 3.85. The normalized spacial score (nSPS) is 21.6. The van der Waals surface area contributed by atoms with Crippen molar-refractivity contribution in [1.82, 2.24) is 10.6 Å². The van der Waals surface area contributed by atoms with Gasteiger partial charge in [0.1, 0.15) is 0 Å². The van der Waals surface area contributed by atoms with Gasteiger partial charge in [-0.1, -0.05) is 30.2 Å². The van der Waals surface area contributed by atoms with Gasteiger partial charge in [-0.05, 0) is 24.0 Å². The van der Waals surface area contributed by atoms with Crippen LogP contribution >= 0.6 is 0 Å². The highest BCUT2D eigenvalue weighted by atomic mass is 16.3. The van der Waals surface area contributed by atoms with Crippen LogP contribution in [0.25, 0.3) is 0 Å². The number of fused-ring (bicyclic) bond motifs is 1. The SMILES string of the molecule is C#CCNC(=O)NC1CCC(O)c2ccccc21. The second-order valence-electron chi connectivity index (χ2n) is 4.31. The third-order valence-corrected chi connectivity index (χ3v) is 3.12. The number of carbonyl (C=O) groups excluding carboxylic acids is 1. The predicted molar refractivity (Wildman–Crippen MR) is 68.7 cm³/mol. The number of hydrogen-bond acceptors (Lipinski definition) is 2. The molecule has 2 amide bonds. The summed E-state index contributed by atoms with van der Waals surface area (Å²) in [5.74, 6) is 2.35. The maximum atomic E-state index is 11.6. The summed E-state index contributed by atoms with van der Waals surface area (Å²) in [6.07, 6.45) is 6.02. The van der Waals surface area contributed by atoms with Crippen molar-refractivity contribution in [2.24, 2.45) is 0 Å². The molecule has 2 unspecified atom stereocenters. The quantitative estimate of drug-likeness (QED) is 0.690. The molecule has 0 aromatic heterocycles. The van der Waals surface area contributed by atoms with Gasteiger partial charge in [-0.2, -0.15) is 0 Å². The van der Waals surface area contributed by atoms with Crippen LogP contribution < -0.4 is 10.6 Å². The number of carbonyl (C=O) groups is 1. The zero-order chi connectivity index (χ0) is 13.0. The number of benzene rings is 1. The van der Waals surface area contributed by atoms with E-state index in [-0.39, 0.29) is 18.6 Å². The third kappa shape index (κ3) is 2.63. The first-order valence-corrected chi connectivity index (χ1v) is 5.97. The molecule has 2 atom stereocenters. The van der Waals surface area contributed by atoms with E-state index in [4.69, 9.17) is 6.42 Å². The molecule has 3 N–H and O–H groups in total. The predicted octanol–water partition coefficient (Wildman–Crippen LogP) is 1.49. The van der Waals surface area contributed by atoms with Crippen LogP contribution in [0.3, 0.4) is 0 Å². The Morgan fingerprint density at radius 2 is 2.11 bits per heavy atom. The molecular weight excluding hydrogens is 228 g/mol. The van der Waals surface area contributed by atoms with E-state index in [0.29, 0.717) is 6.42 Å². The maximum Gasteiger partial charge on any atom is 0.316 e. The largest absolute Gasteiger partial charge is 0.388 e. The van der Waals surface area contributed by atoms with Crippen LogP contribution in [0.2, 0.25) is 0 Å². The van der Waals surface area contributed by atoms with Gasteiger partial charge >= 0.3 is 6.03 Å². The summed E-state index contributed by atoms with van der Waals surface area (Å²) in [4.78, 5) is 11.6. The van der Waals surface area contributed by atoms with Crippen LogP contribution in [0.4, 0.5) is 4.79 Å². The summed E-state index contributed by atoms with van der Waals surface area (Å²) in [7, 11) is 0. The summed E-state index contributed by atoms with van der Waals surface area (Å²) in [5.41, 5.74) is 1.87. The number of hydrogen-bond donors (Lipinski definition) is 3. The van der Waals surface area contributed by atoms with E-state index in [1.807, 2.05) is 24.3 Å². The summed E-state index contributed by atoms with van der Waals surface area (Å²) < 4.78 is 0. The van der Waals surface area contributed by atoms with Gasteiger partial charge in [-0.15, -0.1) is 6.42 Å². The summed E-state index contributed by atoms with van der Waals surface area (Å²) >= 11 is 0. The number of urea groups is 1.